The van der Waals surface area contributed by atoms with Gasteiger partial charge < -0.3 is 4.90 Å². The average Bonchev–Trinajstić information content (AvgIpc) is 2.96. The van der Waals surface area contributed by atoms with E-state index in [-0.39, 0.29) is 11.9 Å². The van der Waals surface area contributed by atoms with E-state index in [1.165, 1.54) is 10.4 Å². The van der Waals surface area contributed by atoms with E-state index in [0.717, 1.165) is 13.0 Å². The summed E-state index contributed by atoms with van der Waals surface area (Å²) in [5.41, 5.74) is 2.37. The number of carbonyl (C=O) groups excluding carboxylic acids is 1. The first-order valence-corrected chi connectivity index (χ1v) is 7.46. The van der Waals surface area contributed by atoms with E-state index < -0.39 is 0 Å². The molecule has 1 aliphatic heterocycles. The predicted molar refractivity (Wildman–Crippen MR) is 78.6 cm³/mol. The number of rotatable bonds is 1. The smallest absolute Gasteiger partial charge is 0.254 e. The molecule has 1 aromatic carbocycles. The highest BCUT2D eigenvalue weighted by Crippen LogP contribution is 2.33. The molecule has 1 aliphatic rings. The maximum atomic E-state index is 12.6. The molecule has 0 aliphatic carbocycles. The second kappa shape index (κ2) is 5.10. The monoisotopic (exact) mass is 282 g/mol. The van der Waals surface area contributed by atoms with Crippen molar-refractivity contribution in [3.63, 3.8) is 0 Å². The van der Waals surface area contributed by atoms with Gasteiger partial charge in [-0.2, -0.15) is 5.26 Å². The van der Waals surface area contributed by atoms with Crippen LogP contribution >= 0.6 is 11.3 Å². The van der Waals surface area contributed by atoms with Crippen LogP contribution in [0.4, 0.5) is 0 Å². The summed E-state index contributed by atoms with van der Waals surface area (Å²) in [6.07, 6.45) is 0.918. The number of nitrogens with zero attached hydrogens (tertiary/aromatic N) is 2. The van der Waals surface area contributed by atoms with Crippen LogP contribution in [0.3, 0.4) is 0 Å². The Morgan fingerprint density at radius 2 is 2.30 bits per heavy atom. The van der Waals surface area contributed by atoms with Crippen molar-refractivity contribution >= 4 is 17.2 Å². The standard InChI is InChI=1S/C16H14N2OS/c1-11-14-6-8-20-15(14)5-7-18(11)16(19)13-4-2-3-12(9-13)10-17/h2-4,6,8-9,11H,5,7H2,1H3. The maximum Gasteiger partial charge on any atom is 0.254 e. The number of thiophene rings is 1. The van der Waals surface area contributed by atoms with Crippen LogP contribution in [0.1, 0.15) is 39.3 Å². The summed E-state index contributed by atoms with van der Waals surface area (Å²) in [6.45, 7) is 2.81. The third-order valence-electron chi connectivity index (χ3n) is 3.78. The Balaban J connectivity index is 1.90. The fraction of sp³-hybridized carbons (Fsp3) is 0.250. The van der Waals surface area contributed by atoms with Gasteiger partial charge in [0.2, 0.25) is 0 Å². The molecule has 0 saturated carbocycles. The summed E-state index contributed by atoms with van der Waals surface area (Å²) >= 11 is 1.76. The van der Waals surface area contributed by atoms with Gasteiger partial charge in [-0.25, -0.2) is 0 Å². The van der Waals surface area contributed by atoms with Gasteiger partial charge in [0.05, 0.1) is 17.7 Å². The van der Waals surface area contributed by atoms with Gasteiger partial charge in [-0.3, -0.25) is 4.79 Å². The van der Waals surface area contributed by atoms with E-state index in [1.54, 1.807) is 35.6 Å². The average molecular weight is 282 g/mol. The van der Waals surface area contributed by atoms with Gasteiger partial charge in [0.15, 0.2) is 0 Å². The van der Waals surface area contributed by atoms with Crippen molar-refractivity contribution in [2.24, 2.45) is 0 Å². The fourth-order valence-electron chi connectivity index (χ4n) is 2.67. The van der Waals surface area contributed by atoms with Crippen LogP contribution in [-0.4, -0.2) is 17.4 Å². The molecule has 2 aromatic rings. The molecule has 1 amide bonds. The van der Waals surface area contributed by atoms with Gasteiger partial charge in [0, 0.05) is 17.0 Å². The minimum absolute atomic E-state index is 0.00597. The Labute approximate surface area is 122 Å². The summed E-state index contributed by atoms with van der Waals surface area (Å²) in [4.78, 5) is 15.9. The predicted octanol–water partition coefficient (Wildman–Crippen LogP) is 3.38. The zero-order valence-corrected chi connectivity index (χ0v) is 12.0. The number of carbonyl (C=O) groups is 1. The minimum Gasteiger partial charge on any atom is -0.331 e. The molecule has 0 saturated heterocycles. The lowest BCUT2D eigenvalue weighted by Gasteiger charge is -2.33. The quantitative estimate of drug-likeness (QED) is 0.805. The van der Waals surface area contributed by atoms with Gasteiger partial charge in [-0.15, -0.1) is 11.3 Å². The number of hydrogen-bond acceptors (Lipinski definition) is 3. The molecule has 0 bridgehead atoms. The van der Waals surface area contributed by atoms with Crippen molar-refractivity contribution in [2.45, 2.75) is 19.4 Å². The molecular formula is C16H14N2OS. The summed E-state index contributed by atoms with van der Waals surface area (Å²) in [6, 6.07) is 11.2. The molecule has 3 rings (SSSR count). The Morgan fingerprint density at radius 3 is 3.10 bits per heavy atom. The first kappa shape index (κ1) is 12.9. The molecule has 1 unspecified atom stereocenters. The number of nitriles is 1. The van der Waals surface area contributed by atoms with Crippen LogP contribution in [-0.2, 0) is 6.42 Å². The maximum absolute atomic E-state index is 12.6. The van der Waals surface area contributed by atoms with E-state index in [1.807, 2.05) is 4.90 Å². The van der Waals surface area contributed by atoms with Crippen LogP contribution in [0.15, 0.2) is 35.7 Å². The Morgan fingerprint density at radius 1 is 1.45 bits per heavy atom. The molecule has 2 heterocycles. The third-order valence-corrected chi connectivity index (χ3v) is 4.77. The van der Waals surface area contributed by atoms with E-state index in [9.17, 15) is 4.79 Å². The van der Waals surface area contributed by atoms with Gasteiger partial charge in [-0.05, 0) is 48.6 Å². The summed E-state index contributed by atoms with van der Waals surface area (Å²) in [5, 5.41) is 11.0. The molecule has 4 heteroatoms. The lowest BCUT2D eigenvalue weighted by molar-refractivity contribution is 0.0679. The molecule has 0 spiro atoms. The van der Waals surface area contributed by atoms with Crippen molar-refractivity contribution in [3.05, 3.63) is 57.3 Å². The number of benzene rings is 1. The van der Waals surface area contributed by atoms with Crippen LogP contribution < -0.4 is 0 Å². The SMILES string of the molecule is CC1c2ccsc2CCN1C(=O)c1cccc(C#N)c1. The van der Waals surface area contributed by atoms with E-state index in [4.69, 9.17) is 5.26 Å². The third kappa shape index (κ3) is 2.10. The highest BCUT2D eigenvalue weighted by atomic mass is 32.1. The van der Waals surface area contributed by atoms with Gasteiger partial charge >= 0.3 is 0 Å². The molecular weight excluding hydrogens is 268 g/mol. The van der Waals surface area contributed by atoms with Crippen molar-refractivity contribution in [2.75, 3.05) is 6.54 Å². The number of fused-ring (bicyclic) bond motifs is 1. The number of hydrogen-bond donors (Lipinski definition) is 0. The lowest BCUT2D eigenvalue weighted by Crippen LogP contribution is -2.38. The van der Waals surface area contributed by atoms with Crippen LogP contribution in [0.5, 0.6) is 0 Å². The molecule has 20 heavy (non-hydrogen) atoms. The minimum atomic E-state index is 0.00597. The van der Waals surface area contributed by atoms with Gasteiger partial charge in [-0.1, -0.05) is 6.07 Å². The van der Waals surface area contributed by atoms with Crippen molar-refractivity contribution < 1.29 is 4.79 Å². The van der Waals surface area contributed by atoms with Crippen molar-refractivity contribution in [1.29, 1.82) is 5.26 Å². The highest BCUT2D eigenvalue weighted by molar-refractivity contribution is 7.10. The molecule has 1 atom stereocenters. The second-order valence-corrected chi connectivity index (χ2v) is 5.92. The zero-order chi connectivity index (χ0) is 14.1. The Kier molecular flexibility index (Phi) is 3.29. The van der Waals surface area contributed by atoms with Crippen molar-refractivity contribution in [3.8, 4) is 6.07 Å². The molecule has 0 N–H and O–H groups in total. The van der Waals surface area contributed by atoms with E-state index >= 15 is 0 Å². The van der Waals surface area contributed by atoms with Crippen LogP contribution in [0.25, 0.3) is 0 Å². The van der Waals surface area contributed by atoms with Gasteiger partial charge in [0.1, 0.15) is 0 Å². The summed E-state index contributed by atoms with van der Waals surface area (Å²) in [7, 11) is 0. The first-order valence-electron chi connectivity index (χ1n) is 6.58. The molecule has 100 valence electrons. The fourth-order valence-corrected chi connectivity index (χ4v) is 3.64. The second-order valence-electron chi connectivity index (χ2n) is 4.92. The molecule has 3 nitrogen and oxygen atoms in total. The highest BCUT2D eigenvalue weighted by Gasteiger charge is 2.28. The largest absolute Gasteiger partial charge is 0.331 e. The first-order chi connectivity index (χ1) is 9.70. The topological polar surface area (TPSA) is 44.1 Å². The molecule has 0 fully saturated rings. The summed E-state index contributed by atoms with van der Waals surface area (Å²) < 4.78 is 0. The molecule has 1 aromatic heterocycles. The number of amides is 1. The summed E-state index contributed by atoms with van der Waals surface area (Å²) in [5.74, 6) is 0.00597. The normalized spacial score (nSPS) is 17.4. The zero-order valence-electron chi connectivity index (χ0n) is 11.2. The molecule has 0 radical (unpaired) electrons. The van der Waals surface area contributed by atoms with Gasteiger partial charge in [0.25, 0.3) is 5.91 Å². The lowest BCUT2D eigenvalue weighted by atomic mass is 10.00. The van der Waals surface area contributed by atoms with Crippen LogP contribution in [0, 0.1) is 11.3 Å². The van der Waals surface area contributed by atoms with E-state index in [0.29, 0.717) is 11.1 Å². The Hall–Kier alpha value is -2.12. The Bertz CT molecular complexity index is 698. The van der Waals surface area contributed by atoms with Crippen molar-refractivity contribution in [1.82, 2.24) is 4.90 Å². The van der Waals surface area contributed by atoms with E-state index in [2.05, 4.69) is 24.4 Å². The van der Waals surface area contributed by atoms with Crippen LogP contribution in [0.2, 0.25) is 0 Å².